The summed E-state index contributed by atoms with van der Waals surface area (Å²) in [7, 11) is -4.61. The molecule has 330 valence electrons. The predicted octanol–water partition coefficient (Wildman–Crippen LogP) is 8.11. The Kier molecular flexibility index (Phi) is 31.6. The van der Waals surface area contributed by atoms with E-state index in [1.165, 1.54) is 19.3 Å². The van der Waals surface area contributed by atoms with E-state index in [0.29, 0.717) is 12.8 Å². The highest BCUT2D eigenvalue weighted by atomic mass is 32.2. The minimum absolute atomic E-state index is 0.105. The number of unbranched alkanes of at least 4 members (excludes halogenated alkanes) is 10. The zero-order valence-electron chi connectivity index (χ0n) is 34.9. The van der Waals surface area contributed by atoms with E-state index in [1.807, 2.05) is 36.5 Å². The van der Waals surface area contributed by atoms with E-state index in [1.54, 1.807) is 0 Å². The molecule has 58 heavy (non-hydrogen) atoms. The molecule has 6 atom stereocenters. The first-order valence-electron chi connectivity index (χ1n) is 21.2. The number of allylic oxidation sites excluding steroid dienone is 14. The zero-order valence-corrected chi connectivity index (χ0v) is 35.7. The molecule has 4 N–H and O–H groups in total. The summed E-state index contributed by atoms with van der Waals surface area (Å²) in [5.41, 5.74) is 0. The molecule has 0 radical (unpaired) electrons. The highest BCUT2D eigenvalue weighted by molar-refractivity contribution is 7.85. The second-order valence-electron chi connectivity index (χ2n) is 14.4. The number of aliphatic hydroxyl groups excluding tert-OH is 3. The smallest absolute Gasteiger partial charge is 0.306 e. The SMILES string of the molecule is CC/C=C/C=C/C=C/C=C/CCCCCCCC(=O)OC[C@H](CO[C@H]1O[C@H](CS(=O)(=O)O)[C@@H](O)C(O)C1O)OC(=O)CCCC/C=C/C/C=C/C/C=C/CCCCC. The molecule has 1 saturated heterocycles. The summed E-state index contributed by atoms with van der Waals surface area (Å²) in [4.78, 5) is 25.3. The molecule has 1 heterocycles. The molecule has 0 aromatic carbocycles. The van der Waals surface area contributed by atoms with Crippen LogP contribution in [-0.2, 0) is 38.7 Å². The topological polar surface area (TPSA) is 186 Å². The molecular weight excluding hydrogens is 765 g/mol. The van der Waals surface area contributed by atoms with Crippen molar-refractivity contribution in [3.63, 3.8) is 0 Å². The van der Waals surface area contributed by atoms with Gasteiger partial charge in [-0.05, 0) is 70.6 Å². The zero-order chi connectivity index (χ0) is 42.7. The van der Waals surface area contributed by atoms with E-state index in [9.17, 15) is 37.9 Å². The standard InChI is InChI=1S/C45H72O12S/c1-3-5-7-9-11-13-15-17-19-21-23-25-27-29-31-33-40(46)54-35-38(36-55-45-44(50)43(49)42(48)39(57-45)37-58(51,52)53)56-41(47)34-32-30-28-26-24-22-20-18-16-14-12-10-8-6-4-2/h5,7,9,11-15,17-20,24,26,38-39,42-45,48-50H,3-4,6,8,10,16,21-23,25,27-37H2,1-2H3,(H,51,52,53)/b7-5+,11-9+,14-12+,15-13+,19-17+,20-18+,26-24+/t38-,39-,42-,43?,44?,45+/m1/s1. The molecule has 0 spiro atoms. The quantitative estimate of drug-likeness (QED) is 0.0164. The van der Waals surface area contributed by atoms with Gasteiger partial charge in [-0.3, -0.25) is 14.1 Å². The molecule has 2 unspecified atom stereocenters. The Bertz CT molecular complexity index is 1400. The summed E-state index contributed by atoms with van der Waals surface area (Å²) >= 11 is 0. The van der Waals surface area contributed by atoms with Gasteiger partial charge in [-0.2, -0.15) is 8.42 Å². The molecule has 0 saturated carbocycles. The van der Waals surface area contributed by atoms with Gasteiger partial charge in [0.05, 0.1) is 6.61 Å². The van der Waals surface area contributed by atoms with Crippen LogP contribution in [0.25, 0.3) is 0 Å². The van der Waals surface area contributed by atoms with Crippen molar-refractivity contribution in [2.24, 2.45) is 0 Å². The summed E-state index contributed by atoms with van der Waals surface area (Å²) in [6.45, 7) is 3.51. The molecule has 12 nitrogen and oxygen atoms in total. The maximum Gasteiger partial charge on any atom is 0.306 e. The van der Waals surface area contributed by atoms with Gasteiger partial charge in [0.15, 0.2) is 12.4 Å². The lowest BCUT2D eigenvalue weighted by Gasteiger charge is -2.40. The third-order valence-electron chi connectivity index (χ3n) is 9.05. The minimum atomic E-state index is -4.61. The van der Waals surface area contributed by atoms with Gasteiger partial charge in [-0.25, -0.2) is 0 Å². The second-order valence-corrected chi connectivity index (χ2v) is 15.9. The number of hydrogen-bond donors (Lipinski definition) is 4. The van der Waals surface area contributed by atoms with Gasteiger partial charge in [0.25, 0.3) is 10.1 Å². The second kappa shape index (κ2) is 34.7. The number of carbonyl (C=O) groups is 2. The molecule has 0 aliphatic carbocycles. The maximum atomic E-state index is 12.8. The van der Waals surface area contributed by atoms with Gasteiger partial charge < -0.3 is 34.3 Å². The fourth-order valence-corrected chi connectivity index (χ4v) is 6.44. The lowest BCUT2D eigenvalue weighted by Crippen LogP contribution is -2.60. The molecule has 0 bridgehead atoms. The molecular formula is C45H72O12S. The average Bonchev–Trinajstić information content (AvgIpc) is 3.18. The van der Waals surface area contributed by atoms with E-state index in [0.717, 1.165) is 70.6 Å². The number of aliphatic hydroxyl groups is 3. The molecule has 1 rings (SSSR count). The largest absolute Gasteiger partial charge is 0.462 e. The summed E-state index contributed by atoms with van der Waals surface area (Å²) in [6, 6.07) is 0. The van der Waals surface area contributed by atoms with Crippen LogP contribution in [0.2, 0.25) is 0 Å². The Balaban J connectivity index is 2.54. The fourth-order valence-electron chi connectivity index (χ4n) is 5.75. The van der Waals surface area contributed by atoms with Crippen LogP contribution >= 0.6 is 0 Å². The van der Waals surface area contributed by atoms with E-state index < -0.39 is 71.2 Å². The number of hydrogen-bond acceptors (Lipinski definition) is 11. The summed E-state index contributed by atoms with van der Waals surface area (Å²) in [5.74, 6) is -2.08. The van der Waals surface area contributed by atoms with Gasteiger partial charge >= 0.3 is 11.9 Å². The monoisotopic (exact) mass is 836 g/mol. The molecule has 1 fully saturated rings. The number of ether oxygens (including phenoxy) is 4. The molecule has 0 aromatic rings. The van der Waals surface area contributed by atoms with Crippen LogP contribution in [0.3, 0.4) is 0 Å². The first kappa shape index (κ1) is 52.8. The first-order valence-corrected chi connectivity index (χ1v) is 22.8. The lowest BCUT2D eigenvalue weighted by atomic mass is 10.00. The van der Waals surface area contributed by atoms with Crippen molar-refractivity contribution < 1.29 is 56.8 Å². The molecule has 1 aliphatic rings. The van der Waals surface area contributed by atoms with Crippen molar-refractivity contribution >= 4 is 22.1 Å². The predicted molar refractivity (Wildman–Crippen MR) is 228 cm³/mol. The highest BCUT2D eigenvalue weighted by Gasteiger charge is 2.46. The van der Waals surface area contributed by atoms with Crippen molar-refractivity contribution in [2.45, 2.75) is 166 Å². The Morgan fingerprint density at radius 2 is 1.16 bits per heavy atom. The van der Waals surface area contributed by atoms with Crippen molar-refractivity contribution in [1.82, 2.24) is 0 Å². The Hall–Kier alpha value is -3.17. The number of carbonyl (C=O) groups excluding carboxylic acids is 2. The average molecular weight is 837 g/mol. The molecule has 0 amide bonds. The third-order valence-corrected chi connectivity index (χ3v) is 9.80. The van der Waals surface area contributed by atoms with Gasteiger partial charge in [0, 0.05) is 12.8 Å². The minimum Gasteiger partial charge on any atom is -0.462 e. The van der Waals surface area contributed by atoms with Gasteiger partial charge in [-0.1, -0.05) is 131 Å². The maximum absolute atomic E-state index is 12.8. The Morgan fingerprint density at radius 1 is 0.621 bits per heavy atom. The van der Waals surface area contributed by atoms with Crippen molar-refractivity contribution in [2.75, 3.05) is 19.0 Å². The number of esters is 2. The van der Waals surface area contributed by atoms with Crippen LogP contribution < -0.4 is 0 Å². The third kappa shape index (κ3) is 29.1. The van der Waals surface area contributed by atoms with Crippen molar-refractivity contribution in [3.8, 4) is 0 Å². The van der Waals surface area contributed by atoms with E-state index in [-0.39, 0.29) is 19.4 Å². The van der Waals surface area contributed by atoms with Crippen molar-refractivity contribution in [1.29, 1.82) is 0 Å². The summed E-state index contributed by atoms with van der Waals surface area (Å²) < 4.78 is 53.9. The van der Waals surface area contributed by atoms with E-state index >= 15 is 0 Å². The van der Waals surface area contributed by atoms with Crippen LogP contribution in [0.4, 0.5) is 0 Å². The first-order chi connectivity index (χ1) is 28.0. The van der Waals surface area contributed by atoms with E-state index in [2.05, 4.69) is 62.5 Å². The number of rotatable bonds is 33. The van der Waals surface area contributed by atoms with Crippen molar-refractivity contribution in [3.05, 3.63) is 85.1 Å². The summed E-state index contributed by atoms with van der Waals surface area (Å²) in [6.07, 6.45) is 34.9. The molecule has 13 heteroatoms. The van der Waals surface area contributed by atoms with Crippen LogP contribution in [0.5, 0.6) is 0 Å². The molecule has 1 aliphatic heterocycles. The van der Waals surface area contributed by atoms with Crippen LogP contribution in [0.15, 0.2) is 85.1 Å². The Morgan fingerprint density at radius 3 is 1.81 bits per heavy atom. The fraction of sp³-hybridized carbons (Fsp3) is 0.644. The highest BCUT2D eigenvalue weighted by Crippen LogP contribution is 2.24. The molecule has 0 aromatic heterocycles. The van der Waals surface area contributed by atoms with Gasteiger partial charge in [0.1, 0.15) is 36.8 Å². The Labute approximate surface area is 348 Å². The van der Waals surface area contributed by atoms with Crippen LogP contribution in [0, 0.1) is 0 Å². The van der Waals surface area contributed by atoms with Gasteiger partial charge in [0.2, 0.25) is 0 Å². The van der Waals surface area contributed by atoms with Crippen LogP contribution in [-0.4, -0.2) is 96.0 Å². The van der Waals surface area contributed by atoms with E-state index in [4.69, 9.17) is 18.9 Å². The van der Waals surface area contributed by atoms with Crippen LogP contribution in [0.1, 0.15) is 129 Å². The lowest BCUT2D eigenvalue weighted by molar-refractivity contribution is -0.297. The normalized spacial score (nSPS) is 21.2. The van der Waals surface area contributed by atoms with Gasteiger partial charge in [-0.15, -0.1) is 0 Å². The summed E-state index contributed by atoms with van der Waals surface area (Å²) in [5, 5.41) is 30.8.